The predicted octanol–water partition coefficient (Wildman–Crippen LogP) is 2.35. The highest BCUT2D eigenvalue weighted by molar-refractivity contribution is 5.93. The van der Waals surface area contributed by atoms with Crippen LogP contribution in [-0.2, 0) is 14.3 Å². The van der Waals surface area contributed by atoms with Crippen molar-refractivity contribution in [3.05, 3.63) is 46.0 Å². The number of benzene rings is 1. The van der Waals surface area contributed by atoms with Crippen LogP contribution in [0.4, 0.5) is 0 Å². The Morgan fingerprint density at radius 1 is 1.44 bits per heavy atom. The molecule has 7 heteroatoms. The number of ether oxygens (including phenoxy) is 3. The standard InChI is InChI=1S/C18H20N2O5/c1-5-24-18(22)15-10(3)25-17(20)12(8-19)16(15)14-9(2)6-11(23-4)7-13(14)21/h6-7,16,21H,5,20H2,1-4H3. The quantitative estimate of drug-likeness (QED) is 0.806. The highest BCUT2D eigenvalue weighted by atomic mass is 16.5. The summed E-state index contributed by atoms with van der Waals surface area (Å²) in [6, 6.07) is 5.10. The summed E-state index contributed by atoms with van der Waals surface area (Å²) in [5.74, 6) is -1.04. The topological polar surface area (TPSA) is 115 Å². The van der Waals surface area contributed by atoms with Gasteiger partial charge in [0, 0.05) is 11.6 Å². The van der Waals surface area contributed by atoms with Gasteiger partial charge in [0.25, 0.3) is 0 Å². The van der Waals surface area contributed by atoms with Crippen molar-refractivity contribution >= 4 is 5.97 Å². The van der Waals surface area contributed by atoms with E-state index in [-0.39, 0.29) is 35.1 Å². The molecule has 0 bridgehead atoms. The average molecular weight is 344 g/mol. The van der Waals surface area contributed by atoms with Gasteiger partial charge in [0.2, 0.25) is 5.88 Å². The third-order valence-electron chi connectivity index (χ3n) is 3.96. The summed E-state index contributed by atoms with van der Waals surface area (Å²) in [6.45, 7) is 5.15. The van der Waals surface area contributed by atoms with Gasteiger partial charge in [-0.2, -0.15) is 5.26 Å². The number of nitrogens with two attached hydrogens (primary N) is 1. The molecule has 1 aromatic rings. The smallest absolute Gasteiger partial charge is 0.338 e. The number of rotatable bonds is 4. The summed E-state index contributed by atoms with van der Waals surface area (Å²) in [6.07, 6.45) is 0. The minimum Gasteiger partial charge on any atom is -0.507 e. The zero-order valence-corrected chi connectivity index (χ0v) is 14.5. The molecule has 0 fully saturated rings. The van der Waals surface area contributed by atoms with Crippen molar-refractivity contribution in [2.24, 2.45) is 5.73 Å². The lowest BCUT2D eigenvalue weighted by Gasteiger charge is -2.28. The Kier molecular flexibility index (Phi) is 5.22. The van der Waals surface area contributed by atoms with Gasteiger partial charge in [-0.05, 0) is 32.4 Å². The number of phenolic OH excluding ortho intramolecular Hbond substituents is 1. The minimum atomic E-state index is -0.885. The second kappa shape index (κ2) is 7.18. The molecule has 0 aliphatic carbocycles. The fraction of sp³-hybridized carbons (Fsp3) is 0.333. The summed E-state index contributed by atoms with van der Waals surface area (Å²) >= 11 is 0. The van der Waals surface area contributed by atoms with Crippen LogP contribution in [0.3, 0.4) is 0 Å². The van der Waals surface area contributed by atoms with E-state index in [1.165, 1.54) is 13.2 Å². The number of phenols is 1. The molecule has 132 valence electrons. The molecule has 1 unspecified atom stereocenters. The van der Waals surface area contributed by atoms with E-state index in [2.05, 4.69) is 0 Å². The number of nitrogens with zero attached hydrogens (tertiary/aromatic N) is 1. The van der Waals surface area contributed by atoms with Crippen molar-refractivity contribution in [1.82, 2.24) is 0 Å². The first-order chi connectivity index (χ1) is 11.8. The number of allylic oxidation sites excluding steroid dienone is 2. The van der Waals surface area contributed by atoms with Gasteiger partial charge in [0.05, 0.1) is 25.2 Å². The number of esters is 1. The van der Waals surface area contributed by atoms with E-state index in [1.54, 1.807) is 26.8 Å². The molecule has 25 heavy (non-hydrogen) atoms. The zero-order chi connectivity index (χ0) is 18.7. The van der Waals surface area contributed by atoms with E-state index in [9.17, 15) is 15.2 Å². The number of hydrogen-bond donors (Lipinski definition) is 2. The number of nitriles is 1. The van der Waals surface area contributed by atoms with Crippen LogP contribution in [0.25, 0.3) is 0 Å². The molecule has 0 radical (unpaired) electrons. The first kappa shape index (κ1) is 18.2. The summed E-state index contributed by atoms with van der Waals surface area (Å²) in [5, 5.41) is 20.0. The van der Waals surface area contributed by atoms with Crippen molar-refractivity contribution < 1.29 is 24.1 Å². The summed E-state index contributed by atoms with van der Waals surface area (Å²) in [4.78, 5) is 12.5. The summed E-state index contributed by atoms with van der Waals surface area (Å²) in [7, 11) is 1.48. The third kappa shape index (κ3) is 3.24. The van der Waals surface area contributed by atoms with E-state index in [0.717, 1.165) is 0 Å². The van der Waals surface area contributed by atoms with Gasteiger partial charge in [-0.3, -0.25) is 0 Å². The lowest BCUT2D eigenvalue weighted by atomic mass is 9.80. The maximum Gasteiger partial charge on any atom is 0.338 e. The number of methoxy groups -OCH3 is 1. The Labute approximate surface area is 145 Å². The van der Waals surface area contributed by atoms with Crippen LogP contribution in [-0.4, -0.2) is 24.8 Å². The Hall–Kier alpha value is -3.14. The molecule has 0 spiro atoms. The van der Waals surface area contributed by atoms with Crippen molar-refractivity contribution in [2.45, 2.75) is 26.7 Å². The molecule has 0 saturated carbocycles. The molecule has 0 saturated heterocycles. The zero-order valence-electron chi connectivity index (χ0n) is 14.5. The fourth-order valence-corrected chi connectivity index (χ4v) is 2.88. The number of carbonyl (C=O) groups excluding carboxylic acids is 1. The fourth-order valence-electron chi connectivity index (χ4n) is 2.88. The molecule has 2 rings (SSSR count). The van der Waals surface area contributed by atoms with Crippen LogP contribution < -0.4 is 10.5 Å². The highest BCUT2D eigenvalue weighted by Gasteiger charge is 2.38. The van der Waals surface area contributed by atoms with Crippen molar-refractivity contribution in [2.75, 3.05) is 13.7 Å². The first-order valence-electron chi connectivity index (χ1n) is 7.68. The minimum absolute atomic E-state index is 0.0391. The normalized spacial score (nSPS) is 17.0. The largest absolute Gasteiger partial charge is 0.507 e. The van der Waals surface area contributed by atoms with Crippen LogP contribution in [0.5, 0.6) is 11.5 Å². The Morgan fingerprint density at radius 3 is 2.64 bits per heavy atom. The maximum absolute atomic E-state index is 12.5. The molecular weight excluding hydrogens is 324 g/mol. The monoisotopic (exact) mass is 344 g/mol. The average Bonchev–Trinajstić information content (AvgIpc) is 2.54. The van der Waals surface area contributed by atoms with Gasteiger partial charge in [-0.25, -0.2) is 4.79 Å². The molecule has 0 aromatic heterocycles. The maximum atomic E-state index is 12.5. The van der Waals surface area contributed by atoms with E-state index in [0.29, 0.717) is 16.9 Å². The molecule has 7 nitrogen and oxygen atoms in total. The molecule has 3 N–H and O–H groups in total. The molecule has 1 atom stereocenters. The molecule has 1 aliphatic heterocycles. The van der Waals surface area contributed by atoms with Crippen LogP contribution in [0.1, 0.15) is 30.9 Å². The number of aryl methyl sites for hydroxylation is 1. The number of hydrogen-bond acceptors (Lipinski definition) is 7. The molecule has 1 aliphatic rings. The van der Waals surface area contributed by atoms with Gasteiger partial charge in [-0.15, -0.1) is 0 Å². The summed E-state index contributed by atoms with van der Waals surface area (Å²) < 4.78 is 15.6. The van der Waals surface area contributed by atoms with Gasteiger partial charge in [0.1, 0.15) is 28.9 Å². The Bertz CT molecular complexity index is 794. The Balaban J connectivity index is 2.74. The number of carbonyl (C=O) groups is 1. The van der Waals surface area contributed by atoms with Gasteiger partial charge in [0.15, 0.2) is 0 Å². The predicted molar refractivity (Wildman–Crippen MR) is 89.4 cm³/mol. The molecular formula is C18H20N2O5. The SMILES string of the molecule is CCOC(=O)C1=C(C)OC(N)=C(C#N)C1c1c(C)cc(OC)cc1O. The van der Waals surface area contributed by atoms with Crippen LogP contribution in [0.15, 0.2) is 34.9 Å². The lowest BCUT2D eigenvalue weighted by Crippen LogP contribution is -2.26. The summed E-state index contributed by atoms with van der Waals surface area (Å²) in [5.41, 5.74) is 7.04. The van der Waals surface area contributed by atoms with Crippen LogP contribution in [0.2, 0.25) is 0 Å². The molecule has 1 aromatic carbocycles. The van der Waals surface area contributed by atoms with Crippen molar-refractivity contribution in [3.63, 3.8) is 0 Å². The van der Waals surface area contributed by atoms with Crippen LogP contribution in [0, 0.1) is 18.3 Å². The van der Waals surface area contributed by atoms with Gasteiger partial charge >= 0.3 is 5.97 Å². The lowest BCUT2D eigenvalue weighted by molar-refractivity contribution is -0.139. The second-order valence-corrected chi connectivity index (χ2v) is 5.49. The van der Waals surface area contributed by atoms with Gasteiger partial charge in [-0.1, -0.05) is 0 Å². The number of aromatic hydroxyl groups is 1. The van der Waals surface area contributed by atoms with E-state index in [1.807, 2.05) is 6.07 Å². The third-order valence-corrected chi connectivity index (χ3v) is 3.96. The first-order valence-corrected chi connectivity index (χ1v) is 7.68. The van der Waals surface area contributed by atoms with Gasteiger partial charge < -0.3 is 25.1 Å². The van der Waals surface area contributed by atoms with E-state index in [4.69, 9.17) is 19.9 Å². The second-order valence-electron chi connectivity index (χ2n) is 5.49. The van der Waals surface area contributed by atoms with Crippen LogP contribution >= 0.6 is 0 Å². The van der Waals surface area contributed by atoms with E-state index >= 15 is 0 Å². The Morgan fingerprint density at radius 2 is 2.12 bits per heavy atom. The molecule has 0 amide bonds. The molecule has 1 heterocycles. The van der Waals surface area contributed by atoms with E-state index < -0.39 is 11.9 Å². The van der Waals surface area contributed by atoms with Crippen molar-refractivity contribution in [1.29, 1.82) is 5.26 Å². The van der Waals surface area contributed by atoms with Crippen molar-refractivity contribution in [3.8, 4) is 17.6 Å². The highest BCUT2D eigenvalue weighted by Crippen LogP contribution is 2.45.